The summed E-state index contributed by atoms with van der Waals surface area (Å²) in [7, 11) is 0. The van der Waals surface area contributed by atoms with Gasteiger partial charge in [-0.2, -0.15) is 10.4 Å². The molecule has 3 aromatic rings. The minimum atomic E-state index is -0.242. The van der Waals surface area contributed by atoms with Crippen LogP contribution in [0, 0.1) is 22.1 Å². The van der Waals surface area contributed by atoms with Crippen LogP contribution in [-0.2, 0) is 4.79 Å². The number of hydrogen-bond donors (Lipinski definition) is 1. The van der Waals surface area contributed by atoms with Crippen molar-refractivity contribution in [3.05, 3.63) is 45.4 Å². The molecular formula is C16H12N4OS2. The normalized spacial score (nSPS) is 10.5. The number of benzene rings is 1. The van der Waals surface area contributed by atoms with Crippen molar-refractivity contribution in [2.45, 2.75) is 13.8 Å². The molecule has 0 aliphatic carbocycles. The molecule has 1 aromatic carbocycles. The number of amides is 1. The first-order valence-corrected chi connectivity index (χ1v) is 8.05. The number of aryl methyl sites for hydroxylation is 1. The number of nitriles is 1. The summed E-state index contributed by atoms with van der Waals surface area (Å²) in [5, 5.41) is 18.1. The zero-order chi connectivity index (χ0) is 16.6. The van der Waals surface area contributed by atoms with Crippen LogP contribution in [0.15, 0.2) is 30.3 Å². The van der Waals surface area contributed by atoms with Gasteiger partial charge in [-0.05, 0) is 19.1 Å². The summed E-state index contributed by atoms with van der Waals surface area (Å²) >= 11 is 6.67. The highest BCUT2D eigenvalue weighted by Gasteiger charge is 2.19. The van der Waals surface area contributed by atoms with E-state index in [1.165, 1.54) is 18.3 Å². The van der Waals surface area contributed by atoms with Crippen LogP contribution in [0.5, 0.6) is 0 Å². The van der Waals surface area contributed by atoms with Crippen molar-refractivity contribution >= 4 is 45.4 Å². The van der Waals surface area contributed by atoms with Gasteiger partial charge in [-0.25, -0.2) is 4.68 Å². The number of nitrogens with zero attached hydrogens (tertiary/aromatic N) is 3. The number of carbonyl (C=O) groups is 1. The highest BCUT2D eigenvalue weighted by molar-refractivity contribution is 7.74. The van der Waals surface area contributed by atoms with Crippen LogP contribution in [0.25, 0.3) is 16.6 Å². The summed E-state index contributed by atoms with van der Waals surface area (Å²) in [6, 6.07) is 11.7. The zero-order valence-electron chi connectivity index (χ0n) is 12.5. The molecule has 0 unspecified atom stereocenters. The van der Waals surface area contributed by atoms with Crippen molar-refractivity contribution in [2.75, 3.05) is 5.32 Å². The average molecular weight is 340 g/mol. The van der Waals surface area contributed by atoms with E-state index in [1.807, 2.05) is 37.3 Å². The van der Waals surface area contributed by atoms with Gasteiger partial charge in [0.05, 0.1) is 22.3 Å². The fraction of sp³-hybridized carbons (Fsp3) is 0.125. The third-order valence-corrected chi connectivity index (χ3v) is 4.68. The van der Waals surface area contributed by atoms with E-state index < -0.39 is 0 Å². The zero-order valence-corrected chi connectivity index (χ0v) is 14.1. The van der Waals surface area contributed by atoms with Crippen molar-refractivity contribution in [1.29, 1.82) is 5.26 Å². The molecule has 7 heteroatoms. The monoisotopic (exact) mass is 340 g/mol. The third kappa shape index (κ3) is 2.63. The van der Waals surface area contributed by atoms with Gasteiger partial charge in [-0.15, -0.1) is 11.3 Å². The second kappa shape index (κ2) is 5.91. The van der Waals surface area contributed by atoms with Gasteiger partial charge in [0.2, 0.25) is 5.91 Å². The van der Waals surface area contributed by atoms with E-state index in [0.29, 0.717) is 19.9 Å². The Morgan fingerprint density at radius 2 is 2.09 bits per heavy atom. The van der Waals surface area contributed by atoms with Crippen molar-refractivity contribution in [3.63, 3.8) is 0 Å². The lowest BCUT2D eigenvalue weighted by molar-refractivity contribution is -0.114. The Labute approximate surface area is 141 Å². The highest BCUT2D eigenvalue weighted by Crippen LogP contribution is 2.34. The molecule has 0 atom stereocenters. The first kappa shape index (κ1) is 15.3. The summed E-state index contributed by atoms with van der Waals surface area (Å²) in [5.41, 5.74) is 2.60. The van der Waals surface area contributed by atoms with Gasteiger partial charge < -0.3 is 5.32 Å². The smallest absolute Gasteiger partial charge is 0.221 e. The molecular weight excluding hydrogens is 328 g/mol. The number of nitrogens with one attached hydrogen (secondary N) is 1. The number of hydrogen-bond acceptors (Lipinski definition) is 5. The van der Waals surface area contributed by atoms with Gasteiger partial charge in [0.25, 0.3) is 0 Å². The molecule has 0 bridgehead atoms. The molecule has 114 valence electrons. The standard InChI is InChI=1S/C16H12N4OS2/c1-9-13-14(20(19-9)11-6-4-3-5-7-11)12(8-17)15(18-10(2)21)23-16(13)22/h3-7H,1-2H3,(H,18,21). The Bertz CT molecular complexity index is 1010. The largest absolute Gasteiger partial charge is 0.317 e. The average Bonchev–Trinajstić information content (AvgIpc) is 2.86. The molecule has 0 radical (unpaired) electrons. The van der Waals surface area contributed by atoms with Crippen molar-refractivity contribution in [3.8, 4) is 11.8 Å². The van der Waals surface area contributed by atoms with E-state index in [1.54, 1.807) is 4.68 Å². The van der Waals surface area contributed by atoms with Crippen LogP contribution < -0.4 is 5.32 Å². The van der Waals surface area contributed by atoms with Gasteiger partial charge in [-0.3, -0.25) is 4.79 Å². The highest BCUT2D eigenvalue weighted by atomic mass is 32.1. The van der Waals surface area contributed by atoms with Crippen molar-refractivity contribution < 1.29 is 4.79 Å². The Morgan fingerprint density at radius 3 is 2.70 bits per heavy atom. The molecule has 3 rings (SSSR count). The number of aromatic nitrogens is 2. The lowest BCUT2D eigenvalue weighted by atomic mass is 10.2. The minimum Gasteiger partial charge on any atom is -0.317 e. The summed E-state index contributed by atoms with van der Waals surface area (Å²) in [5.74, 6) is -0.242. The van der Waals surface area contributed by atoms with E-state index in [0.717, 1.165) is 16.8 Å². The van der Waals surface area contributed by atoms with Crippen LogP contribution in [0.1, 0.15) is 18.2 Å². The summed E-state index contributed by atoms with van der Waals surface area (Å²) in [4.78, 5) is 11.4. The van der Waals surface area contributed by atoms with Gasteiger partial charge in [0.15, 0.2) is 0 Å². The molecule has 5 nitrogen and oxygen atoms in total. The maximum Gasteiger partial charge on any atom is 0.221 e. The van der Waals surface area contributed by atoms with E-state index in [4.69, 9.17) is 12.2 Å². The lowest BCUT2D eigenvalue weighted by Crippen LogP contribution is -2.07. The van der Waals surface area contributed by atoms with E-state index in [2.05, 4.69) is 16.5 Å². The molecule has 0 saturated heterocycles. The van der Waals surface area contributed by atoms with Crippen molar-refractivity contribution in [2.24, 2.45) is 0 Å². The summed E-state index contributed by atoms with van der Waals surface area (Å²) in [6.45, 7) is 3.27. The fourth-order valence-electron chi connectivity index (χ4n) is 2.41. The van der Waals surface area contributed by atoms with Crippen LogP contribution in [-0.4, -0.2) is 15.7 Å². The maximum absolute atomic E-state index is 11.4. The Balaban J connectivity index is 2.44. The number of para-hydroxylation sites is 1. The maximum atomic E-state index is 11.4. The number of carbonyl (C=O) groups excluding carboxylic acids is 1. The molecule has 0 aliphatic heterocycles. The number of fused-ring (bicyclic) bond motifs is 1. The number of anilines is 1. The molecule has 0 spiro atoms. The van der Waals surface area contributed by atoms with Crippen LogP contribution in [0.4, 0.5) is 5.00 Å². The molecule has 0 aliphatic rings. The predicted octanol–water partition coefficient (Wildman–Crippen LogP) is 3.95. The lowest BCUT2D eigenvalue weighted by Gasteiger charge is -2.08. The second-order valence-corrected chi connectivity index (χ2v) is 6.63. The number of rotatable bonds is 2. The fourth-order valence-corrected chi connectivity index (χ4v) is 3.88. The van der Waals surface area contributed by atoms with Gasteiger partial charge in [0.1, 0.15) is 20.5 Å². The molecule has 1 amide bonds. The molecule has 23 heavy (non-hydrogen) atoms. The van der Waals surface area contributed by atoms with Gasteiger partial charge in [0, 0.05) is 6.92 Å². The molecule has 0 fully saturated rings. The van der Waals surface area contributed by atoms with Crippen LogP contribution >= 0.6 is 23.6 Å². The van der Waals surface area contributed by atoms with E-state index >= 15 is 0 Å². The minimum absolute atomic E-state index is 0.242. The summed E-state index contributed by atoms with van der Waals surface area (Å²) in [6.07, 6.45) is 0. The first-order valence-electron chi connectivity index (χ1n) is 6.82. The van der Waals surface area contributed by atoms with Gasteiger partial charge in [-0.1, -0.05) is 30.4 Å². The predicted molar refractivity (Wildman–Crippen MR) is 93.5 cm³/mol. The van der Waals surface area contributed by atoms with E-state index in [-0.39, 0.29) is 5.91 Å². The first-order chi connectivity index (χ1) is 11.0. The second-order valence-electron chi connectivity index (χ2n) is 4.94. The topological polar surface area (TPSA) is 70.7 Å². The molecule has 2 heterocycles. The summed E-state index contributed by atoms with van der Waals surface area (Å²) < 4.78 is 2.30. The molecule has 2 aromatic heterocycles. The van der Waals surface area contributed by atoms with Crippen LogP contribution in [0.3, 0.4) is 0 Å². The van der Waals surface area contributed by atoms with Gasteiger partial charge >= 0.3 is 0 Å². The molecule has 1 N–H and O–H groups in total. The Kier molecular flexibility index (Phi) is 3.94. The third-order valence-electron chi connectivity index (χ3n) is 3.33. The van der Waals surface area contributed by atoms with Crippen LogP contribution in [0.2, 0.25) is 0 Å². The Morgan fingerprint density at radius 1 is 1.39 bits per heavy atom. The SMILES string of the molecule is CC(=O)Nc1sc(=S)c2c(C)nn(-c3ccccc3)c2c1C#N. The van der Waals surface area contributed by atoms with E-state index in [9.17, 15) is 10.1 Å². The molecule has 0 saturated carbocycles. The quantitative estimate of drug-likeness (QED) is 0.717. The van der Waals surface area contributed by atoms with Crippen molar-refractivity contribution in [1.82, 2.24) is 9.78 Å². The Hall–Kier alpha value is -2.56.